The Morgan fingerprint density at radius 1 is 0.867 bits per heavy atom. The zero-order valence-corrected chi connectivity index (χ0v) is 16.4. The molecule has 1 aliphatic rings. The molecule has 0 aliphatic carbocycles. The van der Waals surface area contributed by atoms with Crippen molar-refractivity contribution >= 4 is 22.3 Å². The van der Waals surface area contributed by atoms with Crippen LogP contribution in [0.3, 0.4) is 0 Å². The minimum Gasteiger partial charge on any atom is -0.497 e. The smallest absolute Gasteiger partial charge is 0.327 e. The molecule has 0 saturated carbocycles. The molecule has 5 rings (SSSR count). The van der Waals surface area contributed by atoms with E-state index >= 15 is 0 Å². The second kappa shape index (κ2) is 6.81. The molecule has 7 nitrogen and oxygen atoms in total. The summed E-state index contributed by atoms with van der Waals surface area (Å²) in [5.41, 5.74) is 2.00. The van der Waals surface area contributed by atoms with E-state index in [1.165, 1.54) is 0 Å². The molecule has 0 fully saturated rings. The van der Waals surface area contributed by atoms with E-state index in [2.05, 4.69) is 15.3 Å². The number of anilines is 2. The minimum atomic E-state index is -0.559. The van der Waals surface area contributed by atoms with Crippen molar-refractivity contribution in [2.24, 2.45) is 0 Å². The Morgan fingerprint density at radius 3 is 2.50 bits per heavy atom. The number of hydrogen-bond donors (Lipinski definition) is 3. The molecule has 30 heavy (non-hydrogen) atoms. The normalized spacial score (nSPS) is 14.5. The van der Waals surface area contributed by atoms with Gasteiger partial charge in [0.05, 0.1) is 19.8 Å². The zero-order chi connectivity index (χ0) is 20.8. The largest absolute Gasteiger partial charge is 0.497 e. The second-order valence-electron chi connectivity index (χ2n) is 7.11. The SMILES string of the molecule is COc1ccc([C@H]2c3c([nH]c(=O)[nH]c3=O)Nc3ccc4ccccc4c32)c(OC)c1. The molecule has 4 aromatic rings. The molecular weight excluding hydrogens is 382 g/mol. The fourth-order valence-electron chi connectivity index (χ4n) is 4.23. The van der Waals surface area contributed by atoms with Gasteiger partial charge in [-0.05, 0) is 28.5 Å². The van der Waals surface area contributed by atoms with Crippen molar-refractivity contribution in [2.45, 2.75) is 5.92 Å². The highest BCUT2D eigenvalue weighted by Gasteiger charge is 2.34. The molecule has 150 valence electrons. The molecule has 7 heteroatoms. The summed E-state index contributed by atoms with van der Waals surface area (Å²) in [6.07, 6.45) is 0. The number of nitrogens with one attached hydrogen (secondary N) is 3. The van der Waals surface area contributed by atoms with Crippen molar-refractivity contribution in [2.75, 3.05) is 19.5 Å². The van der Waals surface area contributed by atoms with Crippen LogP contribution in [-0.4, -0.2) is 24.2 Å². The van der Waals surface area contributed by atoms with Gasteiger partial charge in [0.2, 0.25) is 0 Å². The molecule has 0 saturated heterocycles. The maximum absolute atomic E-state index is 13.0. The Hall–Kier alpha value is -4.00. The first-order valence-electron chi connectivity index (χ1n) is 9.48. The highest BCUT2D eigenvalue weighted by atomic mass is 16.5. The number of benzene rings is 3. The Balaban J connectivity index is 1.90. The maximum Gasteiger partial charge on any atom is 0.327 e. The number of aromatic amines is 2. The fourth-order valence-corrected chi connectivity index (χ4v) is 4.23. The van der Waals surface area contributed by atoms with Gasteiger partial charge in [-0.1, -0.05) is 36.4 Å². The summed E-state index contributed by atoms with van der Waals surface area (Å²) in [4.78, 5) is 30.0. The number of hydrogen-bond acceptors (Lipinski definition) is 5. The van der Waals surface area contributed by atoms with Crippen molar-refractivity contribution in [3.8, 4) is 11.5 Å². The van der Waals surface area contributed by atoms with E-state index < -0.39 is 17.2 Å². The second-order valence-corrected chi connectivity index (χ2v) is 7.11. The maximum atomic E-state index is 13.0. The topological polar surface area (TPSA) is 96.2 Å². The molecule has 1 atom stereocenters. The van der Waals surface area contributed by atoms with Crippen LogP contribution in [0.1, 0.15) is 22.6 Å². The lowest BCUT2D eigenvalue weighted by molar-refractivity contribution is 0.390. The highest BCUT2D eigenvalue weighted by Crippen LogP contribution is 2.48. The lowest BCUT2D eigenvalue weighted by Crippen LogP contribution is -2.32. The molecule has 0 unspecified atom stereocenters. The van der Waals surface area contributed by atoms with Gasteiger partial charge in [0.1, 0.15) is 17.3 Å². The van der Waals surface area contributed by atoms with Crippen LogP contribution in [0.5, 0.6) is 11.5 Å². The van der Waals surface area contributed by atoms with Crippen molar-refractivity contribution < 1.29 is 9.47 Å². The van der Waals surface area contributed by atoms with Crippen molar-refractivity contribution in [1.82, 2.24) is 9.97 Å². The molecule has 0 bridgehead atoms. The third-order valence-electron chi connectivity index (χ3n) is 5.54. The quantitative estimate of drug-likeness (QED) is 0.430. The number of ether oxygens (including phenoxy) is 2. The molecule has 0 spiro atoms. The molecule has 0 amide bonds. The predicted octanol–water partition coefficient (Wildman–Crippen LogP) is 3.47. The van der Waals surface area contributed by atoms with Gasteiger partial charge in [-0.25, -0.2) is 4.79 Å². The van der Waals surface area contributed by atoms with E-state index in [4.69, 9.17) is 9.47 Å². The van der Waals surface area contributed by atoms with Crippen LogP contribution in [0.15, 0.2) is 64.2 Å². The molecule has 1 aromatic heterocycles. The number of aromatic nitrogens is 2. The van der Waals surface area contributed by atoms with Crippen LogP contribution in [0.2, 0.25) is 0 Å². The van der Waals surface area contributed by atoms with Crippen LogP contribution >= 0.6 is 0 Å². The van der Waals surface area contributed by atoms with Crippen molar-refractivity contribution in [3.63, 3.8) is 0 Å². The fraction of sp³-hybridized carbons (Fsp3) is 0.130. The van der Waals surface area contributed by atoms with Gasteiger partial charge in [-0.3, -0.25) is 14.8 Å². The van der Waals surface area contributed by atoms with Crippen LogP contribution in [0, 0.1) is 0 Å². The van der Waals surface area contributed by atoms with E-state index in [0.29, 0.717) is 22.9 Å². The minimum absolute atomic E-state index is 0.384. The molecule has 2 heterocycles. The van der Waals surface area contributed by atoms with Gasteiger partial charge in [0.15, 0.2) is 0 Å². The van der Waals surface area contributed by atoms with E-state index in [0.717, 1.165) is 27.6 Å². The molecule has 3 aromatic carbocycles. The van der Waals surface area contributed by atoms with Crippen LogP contribution in [0.4, 0.5) is 11.5 Å². The van der Waals surface area contributed by atoms with Crippen LogP contribution in [-0.2, 0) is 0 Å². The summed E-state index contributed by atoms with van der Waals surface area (Å²) in [7, 11) is 3.17. The van der Waals surface area contributed by atoms with E-state index in [9.17, 15) is 9.59 Å². The molecular formula is C23H19N3O4. The van der Waals surface area contributed by atoms with Gasteiger partial charge in [0.25, 0.3) is 5.56 Å². The number of fused-ring (bicyclic) bond motifs is 4. The Labute approximate surface area is 171 Å². The summed E-state index contributed by atoms with van der Waals surface area (Å²) < 4.78 is 11.0. The third-order valence-corrected chi connectivity index (χ3v) is 5.54. The van der Waals surface area contributed by atoms with Gasteiger partial charge in [0, 0.05) is 23.2 Å². The summed E-state index contributed by atoms with van der Waals surface area (Å²) >= 11 is 0. The van der Waals surface area contributed by atoms with Gasteiger partial charge in [-0.15, -0.1) is 0 Å². The summed E-state index contributed by atoms with van der Waals surface area (Å²) in [5.74, 6) is 1.17. The first kappa shape index (κ1) is 18.1. The number of H-pyrrole nitrogens is 2. The molecule has 3 N–H and O–H groups in total. The Bertz CT molecular complexity index is 1400. The van der Waals surface area contributed by atoms with E-state index in [-0.39, 0.29) is 0 Å². The highest BCUT2D eigenvalue weighted by molar-refractivity contribution is 5.94. The Morgan fingerprint density at radius 2 is 1.70 bits per heavy atom. The van der Waals surface area contributed by atoms with Gasteiger partial charge >= 0.3 is 5.69 Å². The monoisotopic (exact) mass is 401 g/mol. The van der Waals surface area contributed by atoms with Gasteiger partial charge < -0.3 is 14.8 Å². The predicted molar refractivity (Wildman–Crippen MR) is 115 cm³/mol. The first-order valence-corrected chi connectivity index (χ1v) is 9.48. The van der Waals surface area contributed by atoms with Crippen molar-refractivity contribution in [3.05, 3.63) is 92.1 Å². The standard InChI is InChI=1S/C23H19N3O4/c1-29-13-8-9-15(17(11-13)30-2)19-18-14-6-4-3-5-12(14)7-10-16(18)24-21-20(19)22(27)26-23(28)25-21/h3-11,19H,1-2H3,(H3,24,25,26,27,28)/t19-/m1/s1. The average molecular weight is 401 g/mol. The average Bonchev–Trinajstić information content (AvgIpc) is 2.76. The zero-order valence-electron chi connectivity index (χ0n) is 16.4. The molecule has 0 radical (unpaired) electrons. The number of rotatable bonds is 3. The van der Waals surface area contributed by atoms with Crippen molar-refractivity contribution in [1.29, 1.82) is 0 Å². The van der Waals surface area contributed by atoms with Gasteiger partial charge in [-0.2, -0.15) is 0 Å². The summed E-state index contributed by atoms with van der Waals surface area (Å²) in [6, 6.07) is 17.5. The first-order chi connectivity index (χ1) is 14.6. The number of methoxy groups -OCH3 is 2. The lowest BCUT2D eigenvalue weighted by atomic mass is 9.80. The Kier molecular flexibility index (Phi) is 4.10. The summed E-state index contributed by atoms with van der Waals surface area (Å²) in [6.45, 7) is 0. The lowest BCUT2D eigenvalue weighted by Gasteiger charge is -2.30. The third kappa shape index (κ3) is 2.67. The summed E-state index contributed by atoms with van der Waals surface area (Å²) in [5, 5.41) is 5.30. The van der Waals surface area contributed by atoms with Crippen LogP contribution in [0.25, 0.3) is 10.8 Å². The van der Waals surface area contributed by atoms with E-state index in [1.807, 2.05) is 48.5 Å². The molecule has 1 aliphatic heterocycles. The van der Waals surface area contributed by atoms with E-state index in [1.54, 1.807) is 20.3 Å². The van der Waals surface area contributed by atoms with Crippen LogP contribution < -0.4 is 26.0 Å².